The van der Waals surface area contributed by atoms with Gasteiger partial charge in [-0.3, -0.25) is 4.79 Å². The number of carbonyl (C=O) groups is 1. The van der Waals surface area contributed by atoms with Crippen LogP contribution in [0.25, 0.3) is 6.08 Å². The van der Waals surface area contributed by atoms with Crippen molar-refractivity contribution in [3.05, 3.63) is 70.8 Å². The summed E-state index contributed by atoms with van der Waals surface area (Å²) in [5, 5.41) is 12.0. The average molecular weight is 332 g/mol. The van der Waals surface area contributed by atoms with Crippen LogP contribution in [0, 0.1) is 18.3 Å². The number of benzene rings is 2. The zero-order valence-corrected chi connectivity index (χ0v) is 14.2. The van der Waals surface area contributed by atoms with Crippen molar-refractivity contribution in [1.29, 1.82) is 5.26 Å². The number of nitriles is 1. The van der Waals surface area contributed by atoms with Crippen LogP contribution in [-0.4, -0.2) is 11.9 Å². The molecule has 1 saturated carbocycles. The molecule has 0 spiro atoms. The fourth-order valence-corrected chi connectivity index (χ4v) is 2.43. The second kappa shape index (κ2) is 7.67. The monoisotopic (exact) mass is 332 g/mol. The number of ether oxygens (including phenoxy) is 1. The maximum Gasteiger partial charge on any atom is 0.262 e. The molecular formula is C21H20N2O2. The third-order valence-corrected chi connectivity index (χ3v) is 3.96. The van der Waals surface area contributed by atoms with Crippen molar-refractivity contribution in [3.8, 4) is 11.8 Å². The van der Waals surface area contributed by atoms with E-state index in [0.29, 0.717) is 6.61 Å². The largest absolute Gasteiger partial charge is 0.489 e. The van der Waals surface area contributed by atoms with Gasteiger partial charge in [0.05, 0.1) is 0 Å². The van der Waals surface area contributed by atoms with Crippen LogP contribution in [-0.2, 0) is 11.4 Å². The zero-order chi connectivity index (χ0) is 17.6. The Balaban J connectivity index is 1.61. The molecule has 4 nitrogen and oxygen atoms in total. The van der Waals surface area contributed by atoms with Gasteiger partial charge in [0.2, 0.25) is 0 Å². The summed E-state index contributed by atoms with van der Waals surface area (Å²) in [5.74, 6) is 0.448. The predicted molar refractivity (Wildman–Crippen MR) is 96.7 cm³/mol. The van der Waals surface area contributed by atoms with E-state index in [1.807, 2.05) is 42.5 Å². The molecule has 1 amide bonds. The van der Waals surface area contributed by atoms with Crippen molar-refractivity contribution in [2.24, 2.45) is 0 Å². The third kappa shape index (κ3) is 4.95. The Morgan fingerprint density at radius 1 is 1.28 bits per heavy atom. The average Bonchev–Trinajstić information content (AvgIpc) is 3.43. The molecule has 2 aromatic rings. The molecule has 1 aliphatic rings. The van der Waals surface area contributed by atoms with Gasteiger partial charge in [0, 0.05) is 6.04 Å². The topological polar surface area (TPSA) is 62.1 Å². The molecule has 0 atom stereocenters. The normalized spacial score (nSPS) is 13.8. The summed E-state index contributed by atoms with van der Waals surface area (Å²) >= 11 is 0. The Morgan fingerprint density at radius 2 is 2.04 bits per heavy atom. The van der Waals surface area contributed by atoms with Crippen molar-refractivity contribution in [1.82, 2.24) is 5.32 Å². The first-order chi connectivity index (χ1) is 12.1. The molecular weight excluding hydrogens is 312 g/mol. The van der Waals surface area contributed by atoms with Gasteiger partial charge in [-0.15, -0.1) is 0 Å². The maximum atomic E-state index is 12.0. The first-order valence-electron chi connectivity index (χ1n) is 8.35. The Hall–Kier alpha value is -3.06. The molecule has 1 aliphatic carbocycles. The van der Waals surface area contributed by atoms with E-state index >= 15 is 0 Å². The van der Waals surface area contributed by atoms with Crippen LogP contribution >= 0.6 is 0 Å². The van der Waals surface area contributed by atoms with Crippen molar-refractivity contribution >= 4 is 12.0 Å². The Kier molecular flexibility index (Phi) is 5.15. The molecule has 0 heterocycles. The molecule has 126 valence electrons. The lowest BCUT2D eigenvalue weighted by molar-refractivity contribution is -0.117. The van der Waals surface area contributed by atoms with Gasteiger partial charge < -0.3 is 10.1 Å². The van der Waals surface area contributed by atoms with Gasteiger partial charge in [-0.25, -0.2) is 0 Å². The lowest BCUT2D eigenvalue weighted by atomic mass is 10.1. The van der Waals surface area contributed by atoms with E-state index in [-0.39, 0.29) is 17.5 Å². The first kappa shape index (κ1) is 16.8. The minimum Gasteiger partial charge on any atom is -0.489 e. The highest BCUT2D eigenvalue weighted by Crippen LogP contribution is 2.20. The molecule has 25 heavy (non-hydrogen) atoms. The highest BCUT2D eigenvalue weighted by atomic mass is 16.5. The van der Waals surface area contributed by atoms with Gasteiger partial charge in [0.15, 0.2) is 0 Å². The van der Waals surface area contributed by atoms with E-state index in [4.69, 9.17) is 4.74 Å². The predicted octanol–water partition coefficient (Wildman–Crippen LogP) is 3.76. The molecule has 0 aromatic heterocycles. The number of nitrogens with one attached hydrogen (secondary N) is 1. The van der Waals surface area contributed by atoms with Crippen molar-refractivity contribution < 1.29 is 9.53 Å². The number of aryl methyl sites for hydroxylation is 1. The summed E-state index contributed by atoms with van der Waals surface area (Å²) in [5.41, 5.74) is 3.24. The molecule has 0 radical (unpaired) electrons. The second-order valence-corrected chi connectivity index (χ2v) is 6.26. The molecule has 0 unspecified atom stereocenters. The fourth-order valence-electron chi connectivity index (χ4n) is 2.43. The molecule has 0 saturated heterocycles. The van der Waals surface area contributed by atoms with Gasteiger partial charge in [0.1, 0.15) is 24.0 Å². The zero-order valence-electron chi connectivity index (χ0n) is 14.2. The highest BCUT2D eigenvalue weighted by Gasteiger charge is 2.24. The number of rotatable bonds is 6. The maximum absolute atomic E-state index is 12.0. The van der Waals surface area contributed by atoms with E-state index in [0.717, 1.165) is 29.7 Å². The minimum atomic E-state index is -0.301. The molecule has 1 fully saturated rings. The summed E-state index contributed by atoms with van der Waals surface area (Å²) in [6, 6.07) is 17.8. The van der Waals surface area contributed by atoms with Gasteiger partial charge >= 0.3 is 0 Å². The van der Waals surface area contributed by atoms with Crippen LogP contribution in [0.2, 0.25) is 0 Å². The van der Waals surface area contributed by atoms with Crippen molar-refractivity contribution in [3.63, 3.8) is 0 Å². The lowest BCUT2D eigenvalue weighted by Gasteiger charge is -2.07. The van der Waals surface area contributed by atoms with Crippen LogP contribution in [0.4, 0.5) is 0 Å². The number of hydrogen-bond donors (Lipinski definition) is 1. The number of carbonyl (C=O) groups excluding carboxylic acids is 1. The van der Waals surface area contributed by atoms with Gasteiger partial charge in [-0.1, -0.05) is 42.0 Å². The molecule has 0 aliphatic heterocycles. The van der Waals surface area contributed by atoms with E-state index in [9.17, 15) is 10.1 Å². The Morgan fingerprint density at radius 3 is 2.68 bits per heavy atom. The first-order valence-corrected chi connectivity index (χ1v) is 8.35. The summed E-state index contributed by atoms with van der Waals surface area (Å²) in [6.45, 7) is 2.56. The molecule has 3 rings (SSSR count). The summed E-state index contributed by atoms with van der Waals surface area (Å²) < 4.78 is 5.78. The molecule has 1 N–H and O–H groups in total. The summed E-state index contributed by atoms with van der Waals surface area (Å²) in [6.07, 6.45) is 3.59. The number of nitrogens with zero attached hydrogens (tertiary/aromatic N) is 1. The van der Waals surface area contributed by atoms with E-state index in [2.05, 4.69) is 24.4 Å². The molecule has 2 aromatic carbocycles. The van der Waals surface area contributed by atoms with Gasteiger partial charge in [-0.05, 0) is 49.1 Å². The minimum absolute atomic E-state index is 0.125. The van der Waals surface area contributed by atoms with Crippen LogP contribution in [0.15, 0.2) is 54.1 Å². The van der Waals surface area contributed by atoms with Crippen LogP contribution in [0.5, 0.6) is 5.75 Å². The smallest absolute Gasteiger partial charge is 0.262 e. The quantitative estimate of drug-likeness (QED) is 0.647. The van der Waals surface area contributed by atoms with Gasteiger partial charge in [0.25, 0.3) is 5.91 Å². The van der Waals surface area contributed by atoms with Crippen LogP contribution in [0.3, 0.4) is 0 Å². The standard InChI is InChI=1S/C21H20N2O2/c1-15-3-2-4-17(11-15)14-25-20-9-5-16(6-10-20)12-18(13-22)21(24)23-19-7-8-19/h2-6,9-12,19H,7-8,14H2,1H3,(H,23,24)/b18-12+. The number of amides is 1. The molecule has 4 heteroatoms. The lowest BCUT2D eigenvalue weighted by Crippen LogP contribution is -2.26. The Bertz CT molecular complexity index is 828. The third-order valence-electron chi connectivity index (χ3n) is 3.96. The van der Waals surface area contributed by atoms with Crippen molar-refractivity contribution in [2.45, 2.75) is 32.4 Å². The highest BCUT2D eigenvalue weighted by molar-refractivity contribution is 6.01. The summed E-state index contributed by atoms with van der Waals surface area (Å²) in [7, 11) is 0. The Labute approximate surface area is 147 Å². The molecule has 0 bridgehead atoms. The number of hydrogen-bond acceptors (Lipinski definition) is 3. The van der Waals surface area contributed by atoms with E-state index < -0.39 is 0 Å². The van der Waals surface area contributed by atoms with Crippen LogP contribution in [0.1, 0.15) is 29.5 Å². The van der Waals surface area contributed by atoms with E-state index in [1.165, 1.54) is 5.56 Å². The fraction of sp³-hybridized carbons (Fsp3) is 0.238. The van der Waals surface area contributed by atoms with Crippen molar-refractivity contribution in [2.75, 3.05) is 0 Å². The SMILES string of the molecule is Cc1cccc(COc2ccc(/C=C(\C#N)C(=O)NC3CC3)cc2)c1. The van der Waals surface area contributed by atoms with E-state index in [1.54, 1.807) is 6.08 Å². The van der Waals surface area contributed by atoms with Crippen LogP contribution < -0.4 is 10.1 Å². The van der Waals surface area contributed by atoms with Gasteiger partial charge in [-0.2, -0.15) is 5.26 Å². The second-order valence-electron chi connectivity index (χ2n) is 6.26. The summed E-state index contributed by atoms with van der Waals surface area (Å²) in [4.78, 5) is 12.0.